The van der Waals surface area contributed by atoms with Gasteiger partial charge in [0, 0.05) is 0 Å². The fourth-order valence-corrected chi connectivity index (χ4v) is 3.29. The Morgan fingerprint density at radius 3 is 1.85 bits per heavy atom. The van der Waals surface area contributed by atoms with Gasteiger partial charge in [-0.3, -0.25) is 0 Å². The first-order chi connectivity index (χ1) is 8.93. The Labute approximate surface area is 146 Å². The molecule has 1 N–H and O–H groups in total. The van der Waals surface area contributed by atoms with Crippen molar-refractivity contribution in [1.29, 1.82) is 0 Å². The molecule has 0 aromatic rings. The van der Waals surface area contributed by atoms with Gasteiger partial charge in [0.2, 0.25) is 0 Å². The number of hydrogen-bond acceptors (Lipinski definition) is 4. The van der Waals surface area contributed by atoms with Gasteiger partial charge in [0.15, 0.2) is 0 Å². The molecule has 0 spiro atoms. The van der Waals surface area contributed by atoms with Gasteiger partial charge in [-0.15, -0.1) is 0 Å². The van der Waals surface area contributed by atoms with Crippen molar-refractivity contribution in [3.05, 3.63) is 0 Å². The van der Waals surface area contributed by atoms with Gasteiger partial charge in [-0.25, -0.2) is 8.42 Å². The predicted octanol–water partition coefficient (Wildman–Crippen LogP) is 0.206. The van der Waals surface area contributed by atoms with E-state index in [0.29, 0.717) is 25.7 Å². The second-order valence-corrected chi connectivity index (χ2v) is 6.89. The fraction of sp³-hybridized carbons (Fsp3) is 1.00. The molecule has 20 heavy (non-hydrogen) atoms. The minimum atomic E-state index is -4.39. The van der Waals surface area contributed by atoms with Crippen molar-refractivity contribution >= 4 is 10.1 Å². The third kappa shape index (κ3) is 11.5. The van der Waals surface area contributed by atoms with Crippen LogP contribution < -0.4 is 29.6 Å². The van der Waals surface area contributed by atoms with Gasteiger partial charge < -0.3 is 9.66 Å². The van der Waals surface area contributed by atoms with Crippen LogP contribution in [0.4, 0.5) is 0 Å². The molecule has 0 saturated carbocycles. The SMILES string of the molecule is CCCCCCCCCC(C(O)CCC)S(=O)(=O)[O-].[Na+]. The van der Waals surface area contributed by atoms with Gasteiger partial charge in [-0.05, 0) is 12.8 Å². The molecule has 0 saturated heterocycles. The van der Waals surface area contributed by atoms with E-state index in [2.05, 4.69) is 6.92 Å². The van der Waals surface area contributed by atoms with Gasteiger partial charge in [0.05, 0.1) is 11.4 Å². The molecule has 0 aromatic heterocycles. The second-order valence-electron chi connectivity index (χ2n) is 5.30. The molecule has 6 heteroatoms. The van der Waals surface area contributed by atoms with Crippen LogP contribution in [0.3, 0.4) is 0 Å². The summed E-state index contributed by atoms with van der Waals surface area (Å²) in [5.41, 5.74) is 0. The molecule has 116 valence electrons. The van der Waals surface area contributed by atoms with E-state index in [0.717, 1.165) is 12.8 Å². The number of rotatable bonds is 12. The van der Waals surface area contributed by atoms with E-state index in [9.17, 15) is 18.1 Å². The molecule has 2 atom stereocenters. The average Bonchev–Trinajstić information content (AvgIpc) is 2.31. The Kier molecular flexibility index (Phi) is 15.7. The molecule has 0 aliphatic heterocycles. The van der Waals surface area contributed by atoms with Crippen LogP contribution in [-0.4, -0.2) is 29.4 Å². The average molecular weight is 316 g/mol. The van der Waals surface area contributed by atoms with Gasteiger partial charge in [-0.2, -0.15) is 0 Å². The Hall–Kier alpha value is 0.870. The maximum Gasteiger partial charge on any atom is 1.00 e. The monoisotopic (exact) mass is 316 g/mol. The molecule has 0 fully saturated rings. The Bertz CT molecular complexity index is 306. The van der Waals surface area contributed by atoms with Crippen molar-refractivity contribution in [1.82, 2.24) is 0 Å². The summed E-state index contributed by atoms with van der Waals surface area (Å²) in [4.78, 5) is 0. The Balaban J connectivity index is 0. The van der Waals surface area contributed by atoms with Gasteiger partial charge in [0.25, 0.3) is 0 Å². The first-order valence-electron chi connectivity index (χ1n) is 7.56. The largest absolute Gasteiger partial charge is 1.00 e. The van der Waals surface area contributed by atoms with Crippen molar-refractivity contribution in [3.63, 3.8) is 0 Å². The van der Waals surface area contributed by atoms with Crippen LogP contribution in [0.15, 0.2) is 0 Å². The van der Waals surface area contributed by atoms with E-state index >= 15 is 0 Å². The summed E-state index contributed by atoms with van der Waals surface area (Å²) >= 11 is 0. The van der Waals surface area contributed by atoms with Crippen molar-refractivity contribution in [3.8, 4) is 0 Å². The van der Waals surface area contributed by atoms with Crippen LogP contribution in [0.5, 0.6) is 0 Å². The molecule has 0 aromatic carbocycles. The molecular weight excluding hydrogens is 287 g/mol. The van der Waals surface area contributed by atoms with Crippen molar-refractivity contribution in [2.45, 2.75) is 89.4 Å². The van der Waals surface area contributed by atoms with E-state index in [1.54, 1.807) is 0 Å². The van der Waals surface area contributed by atoms with Crippen LogP contribution in [0.25, 0.3) is 0 Å². The second kappa shape index (κ2) is 13.5. The molecule has 0 aliphatic carbocycles. The Morgan fingerprint density at radius 2 is 1.40 bits per heavy atom. The third-order valence-electron chi connectivity index (χ3n) is 3.48. The van der Waals surface area contributed by atoms with Crippen molar-refractivity contribution in [2.24, 2.45) is 0 Å². The summed E-state index contributed by atoms with van der Waals surface area (Å²) in [6, 6.07) is 0. The van der Waals surface area contributed by atoms with Crippen LogP contribution in [0.2, 0.25) is 0 Å². The minimum Gasteiger partial charge on any atom is -0.748 e. The summed E-state index contributed by atoms with van der Waals surface area (Å²) in [5.74, 6) is 0. The smallest absolute Gasteiger partial charge is 0.748 e. The fourth-order valence-electron chi connectivity index (χ4n) is 2.31. The van der Waals surface area contributed by atoms with E-state index in [4.69, 9.17) is 0 Å². The molecule has 0 rings (SSSR count). The summed E-state index contributed by atoms with van der Waals surface area (Å²) in [5, 5.41) is 8.62. The molecular formula is C14H29NaO4S. The number of aliphatic hydroxyl groups is 1. The zero-order valence-corrected chi connectivity index (χ0v) is 16.1. The van der Waals surface area contributed by atoms with Crippen LogP contribution in [0.1, 0.15) is 78.1 Å². The molecule has 4 nitrogen and oxygen atoms in total. The molecule has 0 radical (unpaired) electrons. The summed E-state index contributed by atoms with van der Waals surface area (Å²) in [6.07, 6.45) is 7.91. The topological polar surface area (TPSA) is 77.4 Å². The predicted molar refractivity (Wildman–Crippen MR) is 77.0 cm³/mol. The number of unbranched alkanes of at least 4 members (excludes halogenated alkanes) is 6. The summed E-state index contributed by atoms with van der Waals surface area (Å²) in [6.45, 7) is 4.03. The molecule has 0 heterocycles. The molecule has 0 aliphatic rings. The first-order valence-corrected chi connectivity index (χ1v) is 9.03. The normalized spacial score (nSPS) is 14.6. The molecule has 2 unspecified atom stereocenters. The third-order valence-corrected chi connectivity index (χ3v) is 4.77. The first kappa shape index (κ1) is 23.1. The van der Waals surface area contributed by atoms with Gasteiger partial charge in [-0.1, -0.05) is 65.2 Å². The van der Waals surface area contributed by atoms with Gasteiger partial charge >= 0.3 is 29.6 Å². The molecule has 0 bridgehead atoms. The van der Waals surface area contributed by atoms with E-state index in [1.165, 1.54) is 25.7 Å². The zero-order valence-electron chi connectivity index (χ0n) is 13.3. The van der Waals surface area contributed by atoms with E-state index < -0.39 is 21.5 Å². The van der Waals surface area contributed by atoms with Gasteiger partial charge in [0.1, 0.15) is 10.1 Å². The van der Waals surface area contributed by atoms with Crippen molar-refractivity contribution < 1.29 is 47.6 Å². The quantitative estimate of drug-likeness (QED) is 0.317. The number of aliphatic hydroxyl groups excluding tert-OH is 1. The van der Waals surface area contributed by atoms with Crippen LogP contribution >= 0.6 is 0 Å². The van der Waals surface area contributed by atoms with E-state index in [1.807, 2.05) is 6.92 Å². The summed E-state index contributed by atoms with van der Waals surface area (Å²) < 4.78 is 33.4. The molecule has 0 amide bonds. The Morgan fingerprint density at radius 1 is 0.900 bits per heavy atom. The minimum absolute atomic E-state index is 0. The van der Waals surface area contributed by atoms with Crippen LogP contribution in [-0.2, 0) is 10.1 Å². The maximum absolute atomic E-state index is 11.1. The van der Waals surface area contributed by atoms with Crippen molar-refractivity contribution in [2.75, 3.05) is 0 Å². The van der Waals surface area contributed by atoms with E-state index in [-0.39, 0.29) is 29.6 Å². The summed E-state index contributed by atoms with van der Waals surface area (Å²) in [7, 11) is -4.39. The zero-order chi connectivity index (χ0) is 14.7. The maximum atomic E-state index is 11.1. The number of hydrogen-bond donors (Lipinski definition) is 1. The van der Waals surface area contributed by atoms with Crippen LogP contribution in [0, 0.1) is 0 Å². The standard InChI is InChI=1S/C14H30O4S.Na/c1-3-5-6-7-8-9-10-12-14(19(16,17)18)13(15)11-4-2;/h13-15H,3-12H2,1-2H3,(H,16,17,18);/q;+1/p-1.